The highest BCUT2D eigenvalue weighted by molar-refractivity contribution is 7.13. The van der Waals surface area contributed by atoms with Crippen molar-refractivity contribution in [2.45, 2.75) is 49.2 Å². The summed E-state index contributed by atoms with van der Waals surface area (Å²) in [6.45, 7) is 1.29. The van der Waals surface area contributed by atoms with Crippen LogP contribution < -0.4 is 10.2 Å². The Labute approximate surface area is 191 Å². The number of nitrogens with one attached hydrogen (secondary N) is 1. The van der Waals surface area contributed by atoms with Crippen molar-refractivity contribution < 1.29 is 27.1 Å². The third kappa shape index (κ3) is 3.80. The van der Waals surface area contributed by atoms with Crippen LogP contribution in [0.2, 0.25) is 0 Å². The smallest absolute Gasteiger partial charge is 0.418 e. The molecule has 1 saturated carbocycles. The topological polar surface area (TPSA) is 72.7 Å². The Kier molecular flexibility index (Phi) is 4.95. The minimum absolute atomic E-state index is 0.0556. The summed E-state index contributed by atoms with van der Waals surface area (Å²) in [4.78, 5) is 10.9. The van der Waals surface area contributed by atoms with E-state index in [4.69, 9.17) is 13.9 Å². The highest BCUT2D eigenvalue weighted by Crippen LogP contribution is 2.46. The molecule has 0 amide bonds. The molecule has 1 aromatic carbocycles. The van der Waals surface area contributed by atoms with Crippen molar-refractivity contribution in [3.63, 3.8) is 0 Å². The molecule has 5 heterocycles. The molecule has 0 spiro atoms. The Morgan fingerprint density at radius 1 is 1.30 bits per heavy atom. The van der Waals surface area contributed by atoms with Gasteiger partial charge in [0.25, 0.3) is 6.01 Å². The van der Waals surface area contributed by atoms with E-state index in [1.165, 1.54) is 24.5 Å². The molecule has 1 N–H and O–H groups in total. The van der Waals surface area contributed by atoms with Crippen LogP contribution in [0.3, 0.4) is 0 Å². The van der Waals surface area contributed by atoms with E-state index >= 15 is 0 Å². The summed E-state index contributed by atoms with van der Waals surface area (Å²) in [6, 6.07) is 4.10. The molecule has 7 rings (SSSR count). The minimum Gasteiger partial charge on any atom is -0.423 e. The van der Waals surface area contributed by atoms with E-state index in [0.717, 1.165) is 6.42 Å². The van der Waals surface area contributed by atoms with Gasteiger partial charge in [-0.3, -0.25) is 0 Å². The largest absolute Gasteiger partial charge is 0.423 e. The van der Waals surface area contributed by atoms with Crippen molar-refractivity contribution in [3.05, 3.63) is 29.3 Å². The number of anilines is 1. The van der Waals surface area contributed by atoms with Gasteiger partial charge >= 0.3 is 6.18 Å². The van der Waals surface area contributed by atoms with Crippen LogP contribution in [0.1, 0.15) is 30.9 Å². The number of oxazole rings is 1. The van der Waals surface area contributed by atoms with Gasteiger partial charge in [0.1, 0.15) is 10.5 Å². The number of nitrogens with zero attached hydrogens (tertiary/aromatic N) is 3. The standard InChI is InChI=1S/C22H23F3N4O3S/c1-30-21(4-5-21)11-31-18(22(23,24)25)14-2-3-15(19-26-6-7-33-19)17-16(14)28-20(32-17)29-9-12-8-13(10-29)27-12/h2-3,6-7,12-13,18,27H,4-5,8-11H2,1H3. The third-order valence-electron chi connectivity index (χ3n) is 6.75. The maximum atomic E-state index is 14.2. The van der Waals surface area contributed by atoms with Crippen LogP contribution in [0.5, 0.6) is 0 Å². The molecule has 2 aromatic heterocycles. The van der Waals surface area contributed by atoms with Gasteiger partial charge in [-0.25, -0.2) is 4.98 Å². The lowest BCUT2D eigenvalue weighted by atomic mass is 9.92. The van der Waals surface area contributed by atoms with Crippen LogP contribution in [-0.2, 0) is 9.47 Å². The van der Waals surface area contributed by atoms with Crippen LogP contribution >= 0.6 is 11.3 Å². The van der Waals surface area contributed by atoms with Crippen LogP contribution in [-0.4, -0.2) is 60.6 Å². The zero-order chi connectivity index (χ0) is 22.8. The molecule has 33 heavy (non-hydrogen) atoms. The first-order chi connectivity index (χ1) is 15.9. The maximum Gasteiger partial charge on any atom is 0.418 e. The number of fused-ring (bicyclic) bond motifs is 3. The summed E-state index contributed by atoms with van der Waals surface area (Å²) < 4.78 is 59.5. The van der Waals surface area contributed by atoms with Gasteiger partial charge < -0.3 is 24.1 Å². The number of rotatable bonds is 7. The van der Waals surface area contributed by atoms with Gasteiger partial charge in [0.15, 0.2) is 11.7 Å². The van der Waals surface area contributed by atoms with Crippen molar-refractivity contribution in [2.75, 3.05) is 31.7 Å². The molecule has 176 valence electrons. The van der Waals surface area contributed by atoms with Crippen LogP contribution in [0, 0.1) is 0 Å². The number of piperazine rings is 1. The fraction of sp³-hybridized carbons (Fsp3) is 0.545. The summed E-state index contributed by atoms with van der Waals surface area (Å²) >= 11 is 1.40. The van der Waals surface area contributed by atoms with Gasteiger partial charge in [-0.1, -0.05) is 6.07 Å². The number of ether oxygens (including phenoxy) is 2. The summed E-state index contributed by atoms with van der Waals surface area (Å²) in [5.74, 6) is 0. The van der Waals surface area contributed by atoms with Gasteiger partial charge in [-0.2, -0.15) is 18.2 Å². The van der Waals surface area contributed by atoms with Gasteiger partial charge in [-0.05, 0) is 25.3 Å². The number of methoxy groups -OCH3 is 1. The zero-order valence-corrected chi connectivity index (χ0v) is 18.7. The molecule has 4 fully saturated rings. The van der Waals surface area contributed by atoms with E-state index in [0.29, 0.717) is 60.2 Å². The average molecular weight is 481 g/mol. The molecule has 11 heteroatoms. The third-order valence-corrected chi connectivity index (χ3v) is 7.56. The fourth-order valence-corrected chi connectivity index (χ4v) is 5.36. The zero-order valence-electron chi connectivity index (χ0n) is 17.9. The normalized spacial score (nSPS) is 24.7. The average Bonchev–Trinajstić information content (AvgIpc) is 3.15. The molecular formula is C22H23F3N4O3S. The van der Waals surface area contributed by atoms with Crippen molar-refractivity contribution in [2.24, 2.45) is 0 Å². The highest BCUT2D eigenvalue weighted by atomic mass is 32.1. The first-order valence-corrected chi connectivity index (χ1v) is 11.8. The molecule has 3 aromatic rings. The predicted octanol–water partition coefficient (Wildman–Crippen LogP) is 4.30. The molecule has 3 unspecified atom stereocenters. The van der Waals surface area contributed by atoms with Crippen molar-refractivity contribution >= 4 is 28.5 Å². The molecule has 3 atom stereocenters. The van der Waals surface area contributed by atoms with Crippen molar-refractivity contribution in [1.82, 2.24) is 15.3 Å². The number of piperidine rings is 1. The highest BCUT2D eigenvalue weighted by Gasteiger charge is 2.49. The molecule has 3 saturated heterocycles. The Morgan fingerprint density at radius 3 is 2.67 bits per heavy atom. The Hall–Kier alpha value is -2.21. The van der Waals surface area contributed by atoms with Gasteiger partial charge in [-0.15, -0.1) is 11.3 Å². The quantitative estimate of drug-likeness (QED) is 0.541. The van der Waals surface area contributed by atoms with Gasteiger partial charge in [0.2, 0.25) is 0 Å². The second-order valence-corrected chi connectivity index (χ2v) is 9.93. The Balaban J connectivity index is 1.43. The lowest BCUT2D eigenvalue weighted by Crippen LogP contribution is -2.67. The van der Waals surface area contributed by atoms with E-state index in [1.54, 1.807) is 12.3 Å². The molecule has 1 aliphatic carbocycles. The monoisotopic (exact) mass is 480 g/mol. The van der Waals surface area contributed by atoms with Gasteiger partial charge in [0, 0.05) is 49.4 Å². The van der Waals surface area contributed by atoms with Crippen LogP contribution in [0.15, 0.2) is 28.1 Å². The molecule has 4 aliphatic rings. The number of benzene rings is 1. The first-order valence-electron chi connectivity index (χ1n) is 10.9. The van der Waals surface area contributed by atoms with E-state index < -0.39 is 17.9 Å². The Bertz CT molecular complexity index is 1150. The molecule has 7 nitrogen and oxygen atoms in total. The number of halogens is 3. The second-order valence-electron chi connectivity index (χ2n) is 9.03. The summed E-state index contributed by atoms with van der Waals surface area (Å²) in [6.07, 6.45) is -2.63. The number of thiazole rings is 1. The minimum atomic E-state index is -4.62. The second kappa shape index (κ2) is 7.66. The lowest BCUT2D eigenvalue weighted by molar-refractivity contribution is -0.231. The molecule has 2 bridgehead atoms. The number of hydrogen-bond donors (Lipinski definition) is 1. The van der Waals surface area contributed by atoms with E-state index in [1.807, 2.05) is 10.3 Å². The first kappa shape index (κ1) is 21.3. The Morgan fingerprint density at radius 2 is 2.06 bits per heavy atom. The number of aromatic nitrogens is 2. The van der Waals surface area contributed by atoms with E-state index in [2.05, 4.69) is 15.3 Å². The van der Waals surface area contributed by atoms with Crippen LogP contribution in [0.25, 0.3) is 21.7 Å². The molecule has 0 radical (unpaired) electrons. The maximum absolute atomic E-state index is 14.2. The fourth-order valence-electron chi connectivity index (χ4n) is 4.70. The van der Waals surface area contributed by atoms with Crippen LogP contribution in [0.4, 0.5) is 19.2 Å². The molecule has 3 aliphatic heterocycles. The number of alkyl halides is 3. The van der Waals surface area contributed by atoms with Crippen molar-refractivity contribution in [1.29, 1.82) is 0 Å². The molecular weight excluding hydrogens is 457 g/mol. The predicted molar refractivity (Wildman–Crippen MR) is 116 cm³/mol. The summed E-state index contributed by atoms with van der Waals surface area (Å²) in [5.41, 5.74) is 0.407. The van der Waals surface area contributed by atoms with Crippen molar-refractivity contribution in [3.8, 4) is 10.6 Å². The SMILES string of the molecule is COC1(COC(c2ccc(-c3nccs3)c3oc(N4CC5CC(C4)N5)nc23)C(F)(F)F)CC1. The summed E-state index contributed by atoms with van der Waals surface area (Å²) in [7, 11) is 1.50. The number of hydrogen-bond acceptors (Lipinski definition) is 8. The van der Waals surface area contributed by atoms with E-state index in [-0.39, 0.29) is 17.7 Å². The lowest BCUT2D eigenvalue weighted by Gasteiger charge is -2.47. The van der Waals surface area contributed by atoms with Gasteiger partial charge in [0.05, 0.1) is 17.8 Å². The van der Waals surface area contributed by atoms with E-state index in [9.17, 15) is 13.2 Å². The summed E-state index contributed by atoms with van der Waals surface area (Å²) in [5, 5.41) is 5.92.